The van der Waals surface area contributed by atoms with Gasteiger partial charge in [0.2, 0.25) is 11.8 Å². The molecule has 0 spiro atoms. The van der Waals surface area contributed by atoms with E-state index < -0.39 is 18.0 Å². The first kappa shape index (κ1) is 40.7. The van der Waals surface area contributed by atoms with Crippen LogP contribution in [0.25, 0.3) is 0 Å². The van der Waals surface area contributed by atoms with Crippen LogP contribution in [0, 0.1) is 0 Å². The van der Waals surface area contributed by atoms with E-state index in [-0.39, 0.29) is 43.8 Å². The Kier molecular flexibility index (Phi) is 26.9. The SMILES string of the molecule is CCCCCCCCCCCCCC(=O)OC(COC(C)=O)COC(=O)CCSCCN(CCNC(=O)CC)C(=O)CC. The van der Waals surface area contributed by atoms with E-state index in [1.807, 2.05) is 0 Å². The van der Waals surface area contributed by atoms with Crippen LogP contribution in [0.3, 0.4) is 0 Å². The molecule has 0 heterocycles. The molecule has 0 fully saturated rings. The zero-order valence-electron chi connectivity index (χ0n) is 27.3. The minimum Gasteiger partial charge on any atom is -0.462 e. The van der Waals surface area contributed by atoms with Crippen LogP contribution >= 0.6 is 11.8 Å². The monoisotopic (exact) mass is 630 g/mol. The van der Waals surface area contributed by atoms with Gasteiger partial charge < -0.3 is 24.4 Å². The molecule has 0 aromatic carbocycles. The highest BCUT2D eigenvalue weighted by molar-refractivity contribution is 7.99. The highest BCUT2D eigenvalue weighted by Gasteiger charge is 2.19. The third-order valence-electron chi connectivity index (χ3n) is 6.82. The first-order valence-corrected chi connectivity index (χ1v) is 17.5. The molecule has 0 aliphatic rings. The fraction of sp³-hybridized carbons (Fsp3) is 0.844. The number of carbonyl (C=O) groups is 5. The van der Waals surface area contributed by atoms with Crippen LogP contribution < -0.4 is 5.32 Å². The second-order valence-corrected chi connectivity index (χ2v) is 11.9. The number of hydrogen-bond donors (Lipinski definition) is 1. The number of carbonyl (C=O) groups excluding carboxylic acids is 5. The van der Waals surface area contributed by atoms with E-state index in [4.69, 9.17) is 14.2 Å². The molecule has 0 rings (SSSR count). The summed E-state index contributed by atoms with van der Waals surface area (Å²) in [4.78, 5) is 61.1. The normalized spacial score (nSPS) is 11.4. The molecule has 250 valence electrons. The van der Waals surface area contributed by atoms with Gasteiger partial charge >= 0.3 is 17.9 Å². The van der Waals surface area contributed by atoms with Crippen molar-refractivity contribution in [3.05, 3.63) is 0 Å². The number of hydrogen-bond acceptors (Lipinski definition) is 9. The number of amides is 2. The van der Waals surface area contributed by atoms with Gasteiger partial charge in [0.05, 0.1) is 6.42 Å². The van der Waals surface area contributed by atoms with Crippen molar-refractivity contribution in [2.75, 3.05) is 44.4 Å². The Morgan fingerprint density at radius 3 is 1.88 bits per heavy atom. The topological polar surface area (TPSA) is 128 Å². The van der Waals surface area contributed by atoms with Gasteiger partial charge in [-0.3, -0.25) is 24.0 Å². The van der Waals surface area contributed by atoms with E-state index in [0.29, 0.717) is 44.0 Å². The van der Waals surface area contributed by atoms with Gasteiger partial charge in [0, 0.05) is 57.3 Å². The lowest BCUT2D eigenvalue weighted by molar-refractivity contribution is -0.166. The standard InChI is InChI=1S/C32H58N2O8S/c1-5-8-9-10-11-12-13-14-15-16-17-18-32(39)42-28(25-40-27(4)35)26-41-31(38)19-23-43-24-22-34(30(37)7-3)21-20-33-29(36)6-2/h28H,5-26H2,1-4H3,(H,33,36). The van der Waals surface area contributed by atoms with Crippen molar-refractivity contribution in [2.45, 2.75) is 130 Å². The van der Waals surface area contributed by atoms with Crippen molar-refractivity contribution in [1.82, 2.24) is 10.2 Å². The molecule has 0 saturated carbocycles. The summed E-state index contributed by atoms with van der Waals surface area (Å²) in [6.45, 7) is 8.11. The summed E-state index contributed by atoms with van der Waals surface area (Å²) in [5.41, 5.74) is 0. The first-order valence-electron chi connectivity index (χ1n) is 16.3. The summed E-state index contributed by atoms with van der Waals surface area (Å²) in [5.74, 6) is -0.212. The summed E-state index contributed by atoms with van der Waals surface area (Å²) in [7, 11) is 0. The van der Waals surface area contributed by atoms with E-state index in [0.717, 1.165) is 19.3 Å². The Balaban J connectivity index is 4.22. The van der Waals surface area contributed by atoms with E-state index in [1.54, 1.807) is 18.7 Å². The highest BCUT2D eigenvalue weighted by Crippen LogP contribution is 2.13. The van der Waals surface area contributed by atoms with Crippen LogP contribution in [-0.2, 0) is 38.2 Å². The van der Waals surface area contributed by atoms with Crippen LogP contribution in [-0.4, -0.2) is 85.1 Å². The van der Waals surface area contributed by atoms with Crippen molar-refractivity contribution in [2.24, 2.45) is 0 Å². The predicted molar refractivity (Wildman–Crippen MR) is 171 cm³/mol. The van der Waals surface area contributed by atoms with Gasteiger partial charge in [-0.1, -0.05) is 85.0 Å². The van der Waals surface area contributed by atoms with Crippen molar-refractivity contribution >= 4 is 41.5 Å². The third kappa shape index (κ3) is 25.9. The molecule has 0 aromatic rings. The van der Waals surface area contributed by atoms with Gasteiger partial charge in [-0.25, -0.2) is 0 Å². The number of nitrogens with one attached hydrogen (secondary N) is 1. The minimum absolute atomic E-state index is 0.0163. The van der Waals surface area contributed by atoms with Crippen molar-refractivity contribution < 1.29 is 38.2 Å². The molecular formula is C32H58N2O8S. The fourth-order valence-electron chi connectivity index (χ4n) is 4.24. The van der Waals surface area contributed by atoms with Crippen LogP contribution in [0.4, 0.5) is 0 Å². The number of nitrogens with zero attached hydrogens (tertiary/aromatic N) is 1. The van der Waals surface area contributed by atoms with Gasteiger partial charge in [0.1, 0.15) is 13.2 Å². The van der Waals surface area contributed by atoms with E-state index in [9.17, 15) is 24.0 Å². The number of thioether (sulfide) groups is 1. The lowest BCUT2D eigenvalue weighted by Gasteiger charge is -2.22. The maximum absolute atomic E-state index is 12.3. The van der Waals surface area contributed by atoms with Gasteiger partial charge in [-0.2, -0.15) is 11.8 Å². The average molecular weight is 631 g/mol. The van der Waals surface area contributed by atoms with Crippen molar-refractivity contribution in [1.29, 1.82) is 0 Å². The van der Waals surface area contributed by atoms with Crippen LogP contribution in [0.1, 0.15) is 124 Å². The Hall–Kier alpha value is -2.30. The Bertz CT molecular complexity index is 780. The molecule has 1 atom stereocenters. The van der Waals surface area contributed by atoms with E-state index in [1.165, 1.54) is 70.1 Å². The van der Waals surface area contributed by atoms with Crippen LogP contribution in [0.5, 0.6) is 0 Å². The molecule has 2 amide bonds. The zero-order valence-corrected chi connectivity index (χ0v) is 28.1. The minimum atomic E-state index is -0.845. The second-order valence-electron chi connectivity index (χ2n) is 10.7. The summed E-state index contributed by atoms with van der Waals surface area (Å²) < 4.78 is 15.7. The van der Waals surface area contributed by atoms with Crippen molar-refractivity contribution in [3.63, 3.8) is 0 Å². The quantitative estimate of drug-likeness (QED) is 0.0668. The highest BCUT2D eigenvalue weighted by atomic mass is 32.2. The Morgan fingerprint density at radius 2 is 1.30 bits per heavy atom. The van der Waals surface area contributed by atoms with Gasteiger partial charge in [-0.15, -0.1) is 0 Å². The molecule has 0 saturated heterocycles. The Morgan fingerprint density at radius 1 is 0.698 bits per heavy atom. The van der Waals surface area contributed by atoms with E-state index in [2.05, 4.69) is 12.2 Å². The smallest absolute Gasteiger partial charge is 0.306 e. The zero-order chi connectivity index (χ0) is 32.1. The number of rotatable bonds is 28. The molecule has 0 bridgehead atoms. The average Bonchev–Trinajstić information content (AvgIpc) is 2.99. The lowest BCUT2D eigenvalue weighted by atomic mass is 10.1. The molecule has 11 heteroatoms. The largest absolute Gasteiger partial charge is 0.462 e. The van der Waals surface area contributed by atoms with Crippen LogP contribution in [0.2, 0.25) is 0 Å². The molecule has 0 aliphatic heterocycles. The fourth-order valence-corrected chi connectivity index (χ4v) is 5.10. The molecule has 1 N–H and O–H groups in total. The first-order chi connectivity index (χ1) is 20.7. The number of esters is 3. The number of ether oxygens (including phenoxy) is 3. The summed E-state index contributed by atoms with van der Waals surface area (Å²) in [5, 5.41) is 2.78. The summed E-state index contributed by atoms with van der Waals surface area (Å²) in [6.07, 6.45) is 13.4. The summed E-state index contributed by atoms with van der Waals surface area (Å²) in [6, 6.07) is 0. The van der Waals surface area contributed by atoms with Gasteiger partial charge in [0.25, 0.3) is 0 Å². The van der Waals surface area contributed by atoms with Crippen LogP contribution in [0.15, 0.2) is 0 Å². The maximum Gasteiger partial charge on any atom is 0.306 e. The molecule has 10 nitrogen and oxygen atoms in total. The van der Waals surface area contributed by atoms with Gasteiger partial charge in [0.15, 0.2) is 6.10 Å². The third-order valence-corrected chi connectivity index (χ3v) is 7.79. The van der Waals surface area contributed by atoms with Crippen molar-refractivity contribution in [3.8, 4) is 0 Å². The summed E-state index contributed by atoms with van der Waals surface area (Å²) >= 11 is 1.53. The molecule has 0 radical (unpaired) electrons. The molecule has 43 heavy (non-hydrogen) atoms. The Labute approximate surface area is 264 Å². The lowest BCUT2D eigenvalue weighted by Crippen LogP contribution is -2.39. The second kappa shape index (κ2) is 28.5. The number of unbranched alkanes of at least 4 members (excludes halogenated alkanes) is 10. The molecular weight excluding hydrogens is 572 g/mol. The van der Waals surface area contributed by atoms with E-state index >= 15 is 0 Å². The maximum atomic E-state index is 12.3. The molecule has 1 unspecified atom stereocenters. The van der Waals surface area contributed by atoms with Gasteiger partial charge in [-0.05, 0) is 6.42 Å². The molecule has 0 aliphatic carbocycles. The predicted octanol–water partition coefficient (Wildman–Crippen LogP) is 5.59. The molecule has 0 aromatic heterocycles.